The second-order valence-electron chi connectivity index (χ2n) is 7.48. The summed E-state index contributed by atoms with van der Waals surface area (Å²) in [6.07, 6.45) is -1.15. The number of rotatable bonds is 5. The molecule has 1 N–H and O–H groups in total. The molecule has 2 heterocycles. The standard InChI is InChI=1S/C18H24N2O6/c1-17(2,3)26-16(22)20-9-14-18(11-20,25-14)12-24-19-15(21)23-10-13-7-5-4-6-8-13/h4-8,14H,9-12H2,1-3H3,(H,19,21). The largest absolute Gasteiger partial charge is 0.444 e. The van der Waals surface area contributed by atoms with Gasteiger partial charge in [-0.25, -0.2) is 9.59 Å². The van der Waals surface area contributed by atoms with Crippen LogP contribution in [-0.2, 0) is 25.7 Å². The lowest BCUT2D eigenvalue weighted by atomic mass is 10.1. The number of nitrogens with one attached hydrogen (secondary N) is 1. The number of amides is 2. The monoisotopic (exact) mass is 364 g/mol. The molecular formula is C18H24N2O6. The minimum Gasteiger partial charge on any atom is -0.444 e. The molecule has 0 spiro atoms. The zero-order chi connectivity index (χ0) is 18.8. The summed E-state index contributed by atoms with van der Waals surface area (Å²) >= 11 is 0. The number of hydrogen-bond donors (Lipinski definition) is 1. The second kappa shape index (κ2) is 7.13. The van der Waals surface area contributed by atoms with Gasteiger partial charge in [-0.2, -0.15) is 5.48 Å². The maximum absolute atomic E-state index is 12.1. The Hall–Kier alpha value is -2.32. The van der Waals surface area contributed by atoms with Crippen molar-refractivity contribution in [2.75, 3.05) is 19.7 Å². The van der Waals surface area contributed by atoms with Crippen LogP contribution in [0.3, 0.4) is 0 Å². The summed E-state index contributed by atoms with van der Waals surface area (Å²) in [4.78, 5) is 30.5. The van der Waals surface area contributed by atoms with Crippen molar-refractivity contribution in [2.24, 2.45) is 0 Å². The number of morpholine rings is 1. The molecule has 2 aliphatic heterocycles. The van der Waals surface area contributed by atoms with Crippen LogP contribution in [0.25, 0.3) is 0 Å². The Kier molecular flexibility index (Phi) is 5.06. The highest BCUT2D eigenvalue weighted by molar-refractivity contribution is 5.69. The molecule has 2 saturated heterocycles. The molecule has 1 aromatic rings. The van der Waals surface area contributed by atoms with Crippen LogP contribution in [-0.4, -0.2) is 54.1 Å². The van der Waals surface area contributed by atoms with E-state index in [2.05, 4.69) is 5.48 Å². The van der Waals surface area contributed by atoms with E-state index in [1.165, 1.54) is 0 Å². The summed E-state index contributed by atoms with van der Waals surface area (Å²) in [7, 11) is 0. The Balaban J connectivity index is 1.37. The molecule has 0 radical (unpaired) electrons. The summed E-state index contributed by atoms with van der Waals surface area (Å²) in [5.74, 6) is 0. The summed E-state index contributed by atoms with van der Waals surface area (Å²) in [6.45, 7) is 6.58. The molecular weight excluding hydrogens is 340 g/mol. The summed E-state index contributed by atoms with van der Waals surface area (Å²) in [6, 6.07) is 9.35. The predicted molar refractivity (Wildman–Crippen MR) is 91.1 cm³/mol. The van der Waals surface area contributed by atoms with Gasteiger partial charge >= 0.3 is 12.2 Å². The van der Waals surface area contributed by atoms with Crippen LogP contribution in [0.5, 0.6) is 0 Å². The van der Waals surface area contributed by atoms with Gasteiger partial charge in [0.15, 0.2) is 0 Å². The molecule has 2 unspecified atom stereocenters. The maximum atomic E-state index is 12.1. The predicted octanol–water partition coefficient (Wildman–Crippen LogP) is 2.23. The number of hydroxylamine groups is 1. The summed E-state index contributed by atoms with van der Waals surface area (Å²) < 4.78 is 16.0. The quantitative estimate of drug-likeness (QED) is 0.637. The Morgan fingerprint density at radius 1 is 1.31 bits per heavy atom. The minimum absolute atomic E-state index is 0.0999. The molecule has 3 rings (SSSR count). The van der Waals surface area contributed by atoms with E-state index in [0.29, 0.717) is 13.1 Å². The highest BCUT2D eigenvalue weighted by Gasteiger charge is 2.64. The van der Waals surface area contributed by atoms with Crippen LogP contribution < -0.4 is 5.48 Å². The molecule has 8 heteroatoms. The summed E-state index contributed by atoms with van der Waals surface area (Å²) in [5.41, 5.74) is 2.00. The van der Waals surface area contributed by atoms with Gasteiger partial charge in [0.2, 0.25) is 0 Å². The average Bonchev–Trinajstić information content (AvgIpc) is 3.12. The number of carbonyl (C=O) groups is 2. The molecule has 142 valence electrons. The van der Waals surface area contributed by atoms with Crippen molar-refractivity contribution in [3.8, 4) is 0 Å². The number of carbonyl (C=O) groups excluding carboxylic acids is 2. The third-order valence-electron chi connectivity index (χ3n) is 4.09. The van der Waals surface area contributed by atoms with Gasteiger partial charge in [0.1, 0.15) is 30.5 Å². The van der Waals surface area contributed by atoms with Gasteiger partial charge in [0, 0.05) is 0 Å². The van der Waals surface area contributed by atoms with Crippen LogP contribution in [0.1, 0.15) is 26.3 Å². The van der Waals surface area contributed by atoms with Gasteiger partial charge in [0.25, 0.3) is 0 Å². The first-order valence-electron chi connectivity index (χ1n) is 8.52. The van der Waals surface area contributed by atoms with Crippen molar-refractivity contribution in [2.45, 2.75) is 44.7 Å². The van der Waals surface area contributed by atoms with E-state index < -0.39 is 17.3 Å². The Morgan fingerprint density at radius 3 is 2.73 bits per heavy atom. The number of nitrogens with zero attached hydrogens (tertiary/aromatic N) is 1. The lowest BCUT2D eigenvalue weighted by molar-refractivity contribution is -0.0123. The molecule has 0 aromatic heterocycles. The number of benzene rings is 1. The highest BCUT2D eigenvalue weighted by atomic mass is 16.7. The molecule has 2 amide bonds. The Bertz CT molecular complexity index is 659. The Morgan fingerprint density at radius 2 is 2.04 bits per heavy atom. The van der Waals surface area contributed by atoms with Gasteiger partial charge in [-0.3, -0.25) is 4.84 Å². The second-order valence-corrected chi connectivity index (χ2v) is 7.48. The topological polar surface area (TPSA) is 89.6 Å². The fourth-order valence-electron chi connectivity index (χ4n) is 2.79. The van der Waals surface area contributed by atoms with Crippen LogP contribution in [0.4, 0.5) is 9.59 Å². The smallest absolute Gasteiger partial charge is 0.431 e. The first-order valence-corrected chi connectivity index (χ1v) is 8.52. The van der Waals surface area contributed by atoms with Crippen LogP contribution in [0.2, 0.25) is 0 Å². The zero-order valence-electron chi connectivity index (χ0n) is 15.2. The average molecular weight is 364 g/mol. The van der Waals surface area contributed by atoms with Crippen molar-refractivity contribution >= 4 is 12.2 Å². The third-order valence-corrected chi connectivity index (χ3v) is 4.09. The van der Waals surface area contributed by atoms with Crippen LogP contribution in [0, 0.1) is 0 Å². The number of likely N-dealkylation sites (tertiary alicyclic amines) is 1. The van der Waals surface area contributed by atoms with Crippen molar-refractivity contribution in [3.05, 3.63) is 35.9 Å². The number of epoxide rings is 1. The van der Waals surface area contributed by atoms with E-state index >= 15 is 0 Å². The van der Waals surface area contributed by atoms with Gasteiger partial charge < -0.3 is 19.1 Å². The van der Waals surface area contributed by atoms with Gasteiger partial charge in [-0.1, -0.05) is 30.3 Å². The lowest BCUT2D eigenvalue weighted by Crippen LogP contribution is -2.40. The first-order chi connectivity index (χ1) is 12.3. The molecule has 0 bridgehead atoms. The fourth-order valence-corrected chi connectivity index (χ4v) is 2.79. The summed E-state index contributed by atoms with van der Waals surface area (Å²) in [5, 5.41) is 0. The minimum atomic E-state index is -0.676. The number of hydrogen-bond acceptors (Lipinski definition) is 6. The lowest BCUT2D eigenvalue weighted by Gasteiger charge is -2.25. The molecule has 0 saturated carbocycles. The Labute approximate surface area is 152 Å². The van der Waals surface area contributed by atoms with Crippen LogP contribution >= 0.6 is 0 Å². The van der Waals surface area contributed by atoms with E-state index in [1.54, 1.807) is 4.90 Å². The normalized spacial score (nSPS) is 24.0. The molecule has 2 aliphatic rings. The van der Waals surface area contributed by atoms with Gasteiger partial charge in [-0.05, 0) is 26.3 Å². The fraction of sp³-hybridized carbons (Fsp3) is 0.556. The highest BCUT2D eigenvalue weighted by Crippen LogP contribution is 2.43. The molecule has 1 aromatic carbocycles. The molecule has 2 atom stereocenters. The molecule has 0 aliphatic carbocycles. The van der Waals surface area contributed by atoms with Crippen molar-refractivity contribution < 1.29 is 28.6 Å². The molecule has 2 fully saturated rings. The molecule has 8 nitrogen and oxygen atoms in total. The zero-order valence-corrected chi connectivity index (χ0v) is 15.2. The van der Waals surface area contributed by atoms with Crippen molar-refractivity contribution in [1.82, 2.24) is 10.4 Å². The van der Waals surface area contributed by atoms with Gasteiger partial charge in [0.05, 0.1) is 13.1 Å². The first kappa shape index (κ1) is 18.5. The van der Waals surface area contributed by atoms with Gasteiger partial charge in [-0.15, -0.1) is 0 Å². The molecule has 26 heavy (non-hydrogen) atoms. The van der Waals surface area contributed by atoms with Crippen LogP contribution in [0.15, 0.2) is 30.3 Å². The third kappa shape index (κ3) is 4.64. The number of ether oxygens (including phenoxy) is 3. The van der Waals surface area contributed by atoms with E-state index in [-0.39, 0.29) is 25.4 Å². The maximum Gasteiger partial charge on any atom is 0.431 e. The number of fused-ring (bicyclic) bond motifs is 1. The van der Waals surface area contributed by atoms with Crippen molar-refractivity contribution in [1.29, 1.82) is 0 Å². The SMILES string of the molecule is CC(C)(C)OC(=O)N1CC2OC2(CONC(=O)OCc2ccccc2)C1. The van der Waals surface area contributed by atoms with E-state index in [0.717, 1.165) is 5.56 Å². The van der Waals surface area contributed by atoms with E-state index in [4.69, 9.17) is 19.0 Å². The van der Waals surface area contributed by atoms with Crippen molar-refractivity contribution in [3.63, 3.8) is 0 Å². The van der Waals surface area contributed by atoms with E-state index in [1.807, 2.05) is 51.1 Å². The van der Waals surface area contributed by atoms with E-state index in [9.17, 15) is 9.59 Å².